The van der Waals surface area contributed by atoms with E-state index >= 15 is 0 Å². The Morgan fingerprint density at radius 2 is 1.97 bits per heavy atom. The van der Waals surface area contributed by atoms with Crippen molar-refractivity contribution in [3.05, 3.63) is 23.9 Å². The number of anilines is 1. The maximum Gasteiger partial charge on any atom is 0.256 e. The standard InChI is InChI=1S/C22H31N5O3/c1-15(20(29)24-16-7-4-2-3-5-8-16)27-14-12-22(11-10-18(27)28)25-19-17(21(30)26-22)9-6-13-23-19/h6,9,13,15-16H,2-5,7-8,10-12,14H2,1H3,(H,23,25)(H,24,29)(H,26,30). The molecule has 1 spiro atoms. The summed E-state index contributed by atoms with van der Waals surface area (Å²) in [4.78, 5) is 44.2. The van der Waals surface area contributed by atoms with Crippen LogP contribution >= 0.6 is 0 Å². The van der Waals surface area contributed by atoms with Gasteiger partial charge < -0.3 is 20.9 Å². The second-order valence-electron chi connectivity index (χ2n) is 8.77. The van der Waals surface area contributed by atoms with Crippen molar-refractivity contribution in [3.63, 3.8) is 0 Å². The van der Waals surface area contributed by atoms with E-state index in [-0.39, 0.29) is 30.2 Å². The number of nitrogens with one attached hydrogen (secondary N) is 3. The van der Waals surface area contributed by atoms with Gasteiger partial charge in [-0.25, -0.2) is 4.98 Å². The molecule has 8 nitrogen and oxygen atoms in total. The first-order valence-corrected chi connectivity index (χ1v) is 11.1. The maximum atomic E-state index is 12.9. The molecular weight excluding hydrogens is 382 g/mol. The van der Waals surface area contributed by atoms with Crippen LogP contribution in [0.4, 0.5) is 5.82 Å². The molecule has 3 amide bonds. The Kier molecular flexibility index (Phi) is 5.92. The lowest BCUT2D eigenvalue weighted by atomic mass is 9.97. The monoisotopic (exact) mass is 413 g/mol. The average Bonchev–Trinajstić information content (AvgIpc) is 3.08. The fourth-order valence-corrected chi connectivity index (χ4v) is 4.80. The third-order valence-corrected chi connectivity index (χ3v) is 6.68. The van der Waals surface area contributed by atoms with Crippen molar-refractivity contribution in [3.8, 4) is 0 Å². The minimum atomic E-state index is -0.722. The van der Waals surface area contributed by atoms with Crippen molar-refractivity contribution in [2.45, 2.75) is 82.5 Å². The third-order valence-electron chi connectivity index (χ3n) is 6.68. The highest BCUT2D eigenvalue weighted by Crippen LogP contribution is 2.31. The van der Waals surface area contributed by atoms with E-state index in [1.54, 1.807) is 30.2 Å². The van der Waals surface area contributed by atoms with Crippen LogP contribution in [0.5, 0.6) is 0 Å². The van der Waals surface area contributed by atoms with Crippen LogP contribution < -0.4 is 16.0 Å². The maximum absolute atomic E-state index is 12.9. The lowest BCUT2D eigenvalue weighted by molar-refractivity contribution is -0.139. The minimum absolute atomic E-state index is 0.0572. The van der Waals surface area contributed by atoms with Crippen LogP contribution in [0.25, 0.3) is 0 Å². The molecule has 4 rings (SSSR count). The van der Waals surface area contributed by atoms with Gasteiger partial charge in [-0.3, -0.25) is 14.4 Å². The molecule has 162 valence electrons. The molecule has 1 saturated carbocycles. The van der Waals surface area contributed by atoms with Gasteiger partial charge in [-0.1, -0.05) is 25.7 Å². The summed E-state index contributed by atoms with van der Waals surface area (Å²) in [7, 11) is 0. The molecule has 2 atom stereocenters. The number of hydrogen-bond donors (Lipinski definition) is 3. The van der Waals surface area contributed by atoms with E-state index in [0.717, 1.165) is 25.7 Å². The highest BCUT2D eigenvalue weighted by Gasteiger charge is 2.42. The number of aromatic nitrogens is 1. The van der Waals surface area contributed by atoms with E-state index in [0.29, 0.717) is 30.8 Å². The van der Waals surface area contributed by atoms with Crippen molar-refractivity contribution >= 4 is 23.5 Å². The molecular formula is C22H31N5O3. The fraction of sp³-hybridized carbons (Fsp3) is 0.636. The molecule has 2 fully saturated rings. The van der Waals surface area contributed by atoms with Crippen molar-refractivity contribution in [1.29, 1.82) is 0 Å². The van der Waals surface area contributed by atoms with Gasteiger partial charge in [0.25, 0.3) is 5.91 Å². The molecule has 3 aliphatic rings. The number of likely N-dealkylation sites (tertiary alicyclic amines) is 1. The predicted molar refractivity (Wildman–Crippen MR) is 113 cm³/mol. The molecule has 0 bridgehead atoms. The summed E-state index contributed by atoms with van der Waals surface area (Å²) in [5.74, 6) is 0.218. The highest BCUT2D eigenvalue weighted by atomic mass is 16.2. The van der Waals surface area contributed by atoms with E-state index in [4.69, 9.17) is 0 Å². The number of hydrogen-bond acceptors (Lipinski definition) is 5. The largest absolute Gasteiger partial charge is 0.352 e. The van der Waals surface area contributed by atoms with Crippen LogP contribution in [0.3, 0.4) is 0 Å². The highest BCUT2D eigenvalue weighted by molar-refractivity contribution is 6.01. The van der Waals surface area contributed by atoms with Crippen molar-refractivity contribution in [2.24, 2.45) is 0 Å². The zero-order valence-electron chi connectivity index (χ0n) is 17.6. The summed E-state index contributed by atoms with van der Waals surface area (Å²) in [5, 5.41) is 9.54. The van der Waals surface area contributed by atoms with Gasteiger partial charge in [-0.05, 0) is 38.3 Å². The number of carbonyl (C=O) groups is 3. The van der Waals surface area contributed by atoms with Crippen LogP contribution in [0.2, 0.25) is 0 Å². The van der Waals surface area contributed by atoms with E-state index < -0.39 is 11.7 Å². The Morgan fingerprint density at radius 1 is 1.20 bits per heavy atom. The molecule has 3 N–H and O–H groups in total. The van der Waals surface area contributed by atoms with Gasteiger partial charge in [0.2, 0.25) is 11.8 Å². The van der Waals surface area contributed by atoms with Gasteiger partial charge in [0.05, 0.1) is 5.56 Å². The van der Waals surface area contributed by atoms with Gasteiger partial charge in [-0.15, -0.1) is 0 Å². The van der Waals surface area contributed by atoms with Gasteiger partial charge >= 0.3 is 0 Å². The first-order chi connectivity index (χ1) is 14.5. The number of carbonyl (C=O) groups excluding carboxylic acids is 3. The summed E-state index contributed by atoms with van der Waals surface area (Å²) in [5.41, 5.74) is -0.216. The van der Waals surface area contributed by atoms with Crippen LogP contribution in [-0.2, 0) is 9.59 Å². The lowest BCUT2D eigenvalue weighted by Crippen LogP contribution is -2.58. The van der Waals surface area contributed by atoms with E-state index in [1.807, 2.05) is 0 Å². The molecule has 8 heteroatoms. The summed E-state index contributed by atoms with van der Waals surface area (Å²) in [6.45, 7) is 2.19. The quantitative estimate of drug-likeness (QED) is 0.659. The van der Waals surface area contributed by atoms with Crippen molar-refractivity contribution in [2.75, 3.05) is 11.9 Å². The first-order valence-electron chi connectivity index (χ1n) is 11.1. The molecule has 0 radical (unpaired) electrons. The SMILES string of the molecule is CC(C(=O)NC1CCCCCC1)N1CCC2(CCC1=O)NC(=O)c1cccnc1N2. The molecule has 1 aromatic rings. The summed E-state index contributed by atoms with van der Waals surface area (Å²) in [6, 6.07) is 3.13. The van der Waals surface area contributed by atoms with Gasteiger partial charge in [0, 0.05) is 31.6 Å². The second-order valence-corrected chi connectivity index (χ2v) is 8.77. The van der Waals surface area contributed by atoms with Gasteiger partial charge in [0.1, 0.15) is 17.5 Å². The number of amides is 3. The Bertz CT molecular complexity index is 821. The number of rotatable bonds is 3. The average molecular weight is 414 g/mol. The molecule has 1 aromatic heterocycles. The van der Waals surface area contributed by atoms with Gasteiger partial charge in [-0.2, -0.15) is 0 Å². The number of fused-ring (bicyclic) bond motifs is 1. The summed E-state index contributed by atoms with van der Waals surface area (Å²) < 4.78 is 0. The van der Waals surface area contributed by atoms with Crippen LogP contribution in [0, 0.1) is 0 Å². The lowest BCUT2D eigenvalue weighted by Gasteiger charge is -2.39. The van der Waals surface area contributed by atoms with Crippen molar-refractivity contribution in [1.82, 2.24) is 20.5 Å². The third kappa shape index (κ3) is 4.27. The van der Waals surface area contributed by atoms with Gasteiger partial charge in [0.15, 0.2) is 0 Å². The molecule has 0 aromatic carbocycles. The van der Waals surface area contributed by atoms with E-state index in [9.17, 15) is 14.4 Å². The molecule has 1 aliphatic carbocycles. The van der Waals surface area contributed by atoms with E-state index in [2.05, 4.69) is 20.9 Å². The number of pyridine rings is 1. The Labute approximate surface area is 177 Å². The Balaban J connectivity index is 1.42. The minimum Gasteiger partial charge on any atom is -0.352 e. The van der Waals surface area contributed by atoms with Crippen LogP contribution in [-0.4, -0.2) is 51.9 Å². The predicted octanol–water partition coefficient (Wildman–Crippen LogP) is 2.17. The number of nitrogens with zero attached hydrogens (tertiary/aromatic N) is 2. The normalized spacial score (nSPS) is 26.1. The smallest absolute Gasteiger partial charge is 0.256 e. The molecule has 3 heterocycles. The summed E-state index contributed by atoms with van der Waals surface area (Å²) in [6.07, 6.45) is 9.65. The molecule has 30 heavy (non-hydrogen) atoms. The molecule has 2 unspecified atom stereocenters. The van der Waals surface area contributed by atoms with Crippen molar-refractivity contribution < 1.29 is 14.4 Å². The molecule has 1 saturated heterocycles. The Hall–Kier alpha value is -2.64. The fourth-order valence-electron chi connectivity index (χ4n) is 4.80. The molecule has 2 aliphatic heterocycles. The second kappa shape index (κ2) is 8.62. The van der Waals surface area contributed by atoms with Crippen LogP contribution in [0.1, 0.15) is 75.1 Å². The zero-order chi connectivity index (χ0) is 21.1. The van der Waals surface area contributed by atoms with E-state index in [1.165, 1.54) is 12.8 Å². The van der Waals surface area contributed by atoms with Crippen LogP contribution in [0.15, 0.2) is 18.3 Å². The zero-order valence-corrected chi connectivity index (χ0v) is 17.6. The first kappa shape index (κ1) is 20.6. The topological polar surface area (TPSA) is 103 Å². The Morgan fingerprint density at radius 3 is 2.73 bits per heavy atom. The summed E-state index contributed by atoms with van der Waals surface area (Å²) >= 11 is 0.